The average molecular weight is 537 g/mol. The Morgan fingerprint density at radius 2 is 1.82 bits per heavy atom. The number of fused-ring (bicyclic) bond motifs is 2. The van der Waals surface area contributed by atoms with E-state index < -0.39 is 6.04 Å². The lowest BCUT2D eigenvalue weighted by Gasteiger charge is -2.28. The number of hydrogen-bond donors (Lipinski definition) is 1. The van der Waals surface area contributed by atoms with Crippen LogP contribution in [0.4, 0.5) is 5.69 Å². The van der Waals surface area contributed by atoms with Crippen molar-refractivity contribution in [2.45, 2.75) is 19.0 Å². The predicted molar refractivity (Wildman–Crippen MR) is 145 cm³/mol. The molecule has 6 rings (SSSR count). The van der Waals surface area contributed by atoms with Gasteiger partial charge in [-0.1, -0.05) is 41.9 Å². The molecule has 0 saturated carbocycles. The summed E-state index contributed by atoms with van der Waals surface area (Å²) in [5, 5.41) is 7.36. The van der Waals surface area contributed by atoms with Gasteiger partial charge in [0.05, 0.1) is 16.8 Å². The second-order valence-electron chi connectivity index (χ2n) is 9.13. The van der Waals surface area contributed by atoms with E-state index >= 15 is 0 Å². The Hall–Kier alpha value is -4.89. The molecule has 1 N–H and O–H groups in total. The minimum absolute atomic E-state index is 0.153. The summed E-state index contributed by atoms with van der Waals surface area (Å²) in [5.74, 6) is -0.827. The Balaban J connectivity index is 1.31. The number of nitrogens with zero attached hydrogens (tertiary/aromatic N) is 5. The molecule has 0 aliphatic carbocycles. The fourth-order valence-corrected chi connectivity index (χ4v) is 4.87. The lowest BCUT2D eigenvalue weighted by atomic mass is 10.0. The molecule has 4 heterocycles. The van der Waals surface area contributed by atoms with Crippen molar-refractivity contribution < 1.29 is 14.4 Å². The molecule has 0 fully saturated rings. The number of amides is 2. The fraction of sp³-hybridized carbons (Fsp3) is 0.103. The summed E-state index contributed by atoms with van der Waals surface area (Å²) in [6, 6.07) is 19.9. The lowest BCUT2D eigenvalue weighted by molar-refractivity contribution is -0.120. The first-order valence-electron chi connectivity index (χ1n) is 12.2. The summed E-state index contributed by atoms with van der Waals surface area (Å²) in [6.07, 6.45) is 5.01. The third-order valence-corrected chi connectivity index (χ3v) is 6.89. The summed E-state index contributed by atoms with van der Waals surface area (Å²) in [7, 11) is 0. The third-order valence-electron chi connectivity index (χ3n) is 6.66. The van der Waals surface area contributed by atoms with Crippen molar-refractivity contribution in [3.63, 3.8) is 0 Å². The second kappa shape index (κ2) is 10.1. The highest BCUT2D eigenvalue weighted by Crippen LogP contribution is 2.29. The first-order chi connectivity index (χ1) is 19.0. The van der Waals surface area contributed by atoms with Gasteiger partial charge < -0.3 is 10.2 Å². The van der Waals surface area contributed by atoms with E-state index in [0.29, 0.717) is 38.7 Å². The normalized spacial score (nSPS) is 15.1. The molecule has 1 aliphatic rings. The molecular weight excluding hydrogens is 516 g/mol. The zero-order valence-electron chi connectivity index (χ0n) is 20.5. The van der Waals surface area contributed by atoms with Gasteiger partial charge in [0, 0.05) is 41.6 Å². The second-order valence-corrected chi connectivity index (χ2v) is 9.57. The van der Waals surface area contributed by atoms with Crippen LogP contribution in [0.3, 0.4) is 0 Å². The molecule has 10 heteroatoms. The molecule has 5 aromatic rings. The molecule has 0 spiro atoms. The minimum Gasteiger partial charge on any atom is -0.323 e. The first kappa shape index (κ1) is 24.4. The molecule has 1 unspecified atom stereocenters. The number of carbonyl (C=O) groups is 3. The molecule has 1 aliphatic heterocycles. The van der Waals surface area contributed by atoms with Gasteiger partial charge in [-0.2, -0.15) is 5.10 Å². The van der Waals surface area contributed by atoms with Crippen molar-refractivity contribution in [1.29, 1.82) is 0 Å². The highest BCUT2D eigenvalue weighted by molar-refractivity contribution is 6.31. The van der Waals surface area contributed by atoms with Crippen molar-refractivity contribution in [3.8, 4) is 0 Å². The SMILES string of the molecule is O=C(c1ccc(CN2C(=O)c3ccc(Cl)cc3NC(=O)C2Cc2ccccn2)cc1)c1cccn2ncnc12. The van der Waals surface area contributed by atoms with Gasteiger partial charge in [-0.3, -0.25) is 19.4 Å². The van der Waals surface area contributed by atoms with Gasteiger partial charge >= 0.3 is 0 Å². The Morgan fingerprint density at radius 1 is 0.974 bits per heavy atom. The lowest BCUT2D eigenvalue weighted by Crippen LogP contribution is -2.46. The topological polar surface area (TPSA) is 110 Å². The number of benzene rings is 2. The van der Waals surface area contributed by atoms with Crippen molar-refractivity contribution >= 4 is 40.5 Å². The van der Waals surface area contributed by atoms with Crippen molar-refractivity contribution in [3.05, 3.63) is 124 Å². The molecule has 39 heavy (non-hydrogen) atoms. The van der Waals surface area contributed by atoms with Crippen LogP contribution < -0.4 is 5.32 Å². The average Bonchev–Trinajstić information content (AvgIpc) is 3.41. The standard InChI is InChI=1S/C29H21ClN6O3/c30-20-10-11-22-24(14-20)34-28(38)25(15-21-4-1-2-12-31-21)35(29(22)39)16-18-6-8-19(9-7-18)26(37)23-5-3-13-36-27(23)32-17-33-36/h1-14,17,25H,15-16H2,(H,34,38). The number of carbonyl (C=O) groups excluding carboxylic acids is 3. The van der Waals surface area contributed by atoms with Gasteiger partial charge in [-0.25, -0.2) is 9.50 Å². The molecule has 192 valence electrons. The fourth-order valence-electron chi connectivity index (χ4n) is 4.70. The number of nitrogens with one attached hydrogen (secondary N) is 1. The molecular formula is C29H21ClN6O3. The van der Waals surface area contributed by atoms with Crippen LogP contribution in [-0.2, 0) is 17.8 Å². The maximum absolute atomic E-state index is 13.8. The van der Waals surface area contributed by atoms with Crippen LogP contribution in [0.2, 0.25) is 5.02 Å². The predicted octanol–water partition coefficient (Wildman–Crippen LogP) is 4.21. The van der Waals surface area contributed by atoms with E-state index in [1.54, 1.807) is 77.6 Å². The largest absolute Gasteiger partial charge is 0.323 e. The zero-order valence-corrected chi connectivity index (χ0v) is 21.2. The number of ketones is 1. The molecule has 2 aromatic carbocycles. The van der Waals surface area contributed by atoms with Gasteiger partial charge in [-0.05, 0) is 48.0 Å². The summed E-state index contributed by atoms with van der Waals surface area (Å²) < 4.78 is 1.55. The van der Waals surface area contributed by atoms with E-state index in [-0.39, 0.29) is 30.6 Å². The summed E-state index contributed by atoms with van der Waals surface area (Å²) in [6.45, 7) is 0.153. The van der Waals surface area contributed by atoms with E-state index in [2.05, 4.69) is 20.4 Å². The Morgan fingerprint density at radius 3 is 2.62 bits per heavy atom. The number of hydrogen-bond acceptors (Lipinski definition) is 6. The van der Waals surface area contributed by atoms with Crippen molar-refractivity contribution in [2.75, 3.05) is 5.32 Å². The van der Waals surface area contributed by atoms with E-state index in [4.69, 9.17) is 11.6 Å². The molecule has 0 bridgehead atoms. The van der Waals surface area contributed by atoms with Crippen molar-refractivity contribution in [2.24, 2.45) is 0 Å². The summed E-state index contributed by atoms with van der Waals surface area (Å²) >= 11 is 6.15. The van der Waals surface area contributed by atoms with Crippen molar-refractivity contribution in [1.82, 2.24) is 24.5 Å². The van der Waals surface area contributed by atoms with E-state index in [1.807, 2.05) is 12.1 Å². The highest BCUT2D eigenvalue weighted by atomic mass is 35.5. The Labute approximate surface area is 228 Å². The maximum Gasteiger partial charge on any atom is 0.256 e. The molecule has 3 aromatic heterocycles. The van der Waals surface area contributed by atoms with E-state index in [9.17, 15) is 14.4 Å². The van der Waals surface area contributed by atoms with Crippen LogP contribution in [-0.4, -0.2) is 48.1 Å². The number of anilines is 1. The molecule has 1 atom stereocenters. The maximum atomic E-state index is 13.8. The van der Waals surface area contributed by atoms with Gasteiger partial charge in [0.2, 0.25) is 5.91 Å². The number of aromatic nitrogens is 4. The van der Waals surface area contributed by atoms with Gasteiger partial charge in [0.15, 0.2) is 11.4 Å². The molecule has 2 amide bonds. The zero-order chi connectivity index (χ0) is 26.9. The molecule has 9 nitrogen and oxygen atoms in total. The Kier molecular flexibility index (Phi) is 6.34. The molecule has 0 radical (unpaired) electrons. The van der Waals surface area contributed by atoms with Gasteiger partial charge in [0.1, 0.15) is 12.4 Å². The summed E-state index contributed by atoms with van der Waals surface area (Å²) in [4.78, 5) is 50.4. The number of pyridine rings is 2. The van der Waals surface area contributed by atoms with Crippen LogP contribution in [0.15, 0.2) is 91.5 Å². The van der Waals surface area contributed by atoms with Crippen LogP contribution >= 0.6 is 11.6 Å². The molecule has 0 saturated heterocycles. The van der Waals surface area contributed by atoms with Crippen LogP contribution in [0, 0.1) is 0 Å². The van der Waals surface area contributed by atoms with Crippen LogP contribution in [0.25, 0.3) is 5.65 Å². The van der Waals surface area contributed by atoms with Gasteiger partial charge in [0.25, 0.3) is 5.91 Å². The van der Waals surface area contributed by atoms with Gasteiger partial charge in [-0.15, -0.1) is 0 Å². The number of halogens is 1. The highest BCUT2D eigenvalue weighted by Gasteiger charge is 2.36. The number of rotatable bonds is 6. The first-order valence-corrected chi connectivity index (χ1v) is 12.6. The van der Waals surface area contributed by atoms with E-state index in [0.717, 1.165) is 5.56 Å². The van der Waals surface area contributed by atoms with Crippen LogP contribution in [0.5, 0.6) is 0 Å². The van der Waals surface area contributed by atoms with E-state index in [1.165, 1.54) is 11.2 Å². The smallest absolute Gasteiger partial charge is 0.256 e. The summed E-state index contributed by atoms with van der Waals surface area (Å²) in [5.41, 5.74) is 3.55. The third kappa shape index (κ3) is 4.75. The minimum atomic E-state index is -0.814. The Bertz CT molecular complexity index is 1720. The quantitative estimate of drug-likeness (QED) is 0.325. The monoisotopic (exact) mass is 536 g/mol. The van der Waals surface area contributed by atoms with Crippen LogP contribution in [0.1, 0.15) is 37.5 Å².